The third-order valence-electron chi connectivity index (χ3n) is 2.69. The highest BCUT2D eigenvalue weighted by atomic mass is 16.4. The molecule has 3 heteroatoms. The van der Waals surface area contributed by atoms with E-state index in [0.29, 0.717) is 11.8 Å². The molecule has 1 aliphatic carbocycles. The normalized spacial score (nSPS) is 22.1. The van der Waals surface area contributed by atoms with E-state index >= 15 is 0 Å². The number of aliphatic hydroxyl groups excluding tert-OH is 1. The first-order chi connectivity index (χ1) is 7.70. The summed E-state index contributed by atoms with van der Waals surface area (Å²) in [6.07, 6.45) is 0.969. The van der Waals surface area contributed by atoms with Crippen LogP contribution in [0.15, 0.2) is 24.3 Å². The van der Waals surface area contributed by atoms with Crippen LogP contribution < -0.4 is 0 Å². The summed E-state index contributed by atoms with van der Waals surface area (Å²) in [4.78, 5) is 10.6. The lowest BCUT2D eigenvalue weighted by Crippen LogP contribution is -1.94. The van der Waals surface area contributed by atoms with Gasteiger partial charge in [-0.05, 0) is 36.6 Å². The van der Waals surface area contributed by atoms with Crippen LogP contribution in [0.3, 0.4) is 0 Å². The van der Waals surface area contributed by atoms with E-state index in [-0.39, 0.29) is 12.2 Å². The van der Waals surface area contributed by atoms with Crippen molar-refractivity contribution in [2.45, 2.75) is 6.42 Å². The maximum absolute atomic E-state index is 10.6. The maximum atomic E-state index is 10.6. The molecule has 0 spiro atoms. The topological polar surface area (TPSA) is 57.5 Å². The average molecular weight is 216 g/mol. The van der Waals surface area contributed by atoms with Crippen LogP contribution in [0.1, 0.15) is 22.3 Å². The van der Waals surface area contributed by atoms with Crippen molar-refractivity contribution >= 4 is 5.97 Å². The summed E-state index contributed by atoms with van der Waals surface area (Å²) in [6, 6.07) is 6.49. The van der Waals surface area contributed by atoms with E-state index in [1.807, 2.05) is 0 Å². The predicted molar refractivity (Wildman–Crippen MR) is 59.0 cm³/mol. The Bertz CT molecular complexity index is 450. The monoisotopic (exact) mass is 216 g/mol. The van der Waals surface area contributed by atoms with Crippen molar-refractivity contribution in [3.8, 4) is 11.8 Å². The van der Waals surface area contributed by atoms with Crippen LogP contribution in [0.2, 0.25) is 0 Å². The fourth-order valence-electron chi connectivity index (χ4n) is 1.50. The molecule has 0 amide bonds. The smallest absolute Gasteiger partial charge is 0.335 e. The molecule has 1 fully saturated rings. The van der Waals surface area contributed by atoms with Gasteiger partial charge in [0.05, 0.1) is 5.56 Å². The number of hydrogen-bond acceptors (Lipinski definition) is 2. The van der Waals surface area contributed by atoms with Gasteiger partial charge in [0, 0.05) is 18.1 Å². The van der Waals surface area contributed by atoms with Crippen LogP contribution >= 0.6 is 0 Å². The standard InChI is InChI=1S/C13H12O3/c14-8-12-7-11(12)6-3-9-1-4-10(5-2-9)13(15)16/h1-2,4-5,11-12,14H,7-8H2,(H,15,16). The van der Waals surface area contributed by atoms with Crippen LogP contribution in [-0.2, 0) is 0 Å². The van der Waals surface area contributed by atoms with Gasteiger partial charge >= 0.3 is 5.97 Å². The molecular formula is C13H12O3. The average Bonchev–Trinajstić information content (AvgIpc) is 3.05. The first-order valence-corrected chi connectivity index (χ1v) is 5.16. The second-order valence-electron chi connectivity index (χ2n) is 3.94. The Kier molecular flexibility index (Phi) is 2.93. The molecule has 0 radical (unpaired) electrons. The Balaban J connectivity index is 2.03. The Morgan fingerprint density at radius 3 is 2.56 bits per heavy atom. The zero-order valence-corrected chi connectivity index (χ0v) is 8.68. The fraction of sp³-hybridized carbons (Fsp3) is 0.308. The highest BCUT2D eigenvalue weighted by Gasteiger charge is 2.34. The largest absolute Gasteiger partial charge is 0.478 e. The van der Waals surface area contributed by atoms with Gasteiger partial charge < -0.3 is 10.2 Å². The molecule has 1 aromatic rings. The van der Waals surface area contributed by atoms with Crippen LogP contribution in [0, 0.1) is 23.7 Å². The van der Waals surface area contributed by atoms with Crippen molar-refractivity contribution in [3.05, 3.63) is 35.4 Å². The number of hydrogen-bond donors (Lipinski definition) is 2. The molecule has 16 heavy (non-hydrogen) atoms. The summed E-state index contributed by atoms with van der Waals surface area (Å²) in [7, 11) is 0. The molecule has 0 bridgehead atoms. The quantitative estimate of drug-likeness (QED) is 0.734. The van der Waals surface area contributed by atoms with Gasteiger partial charge in [0.2, 0.25) is 0 Å². The Labute approximate surface area is 93.7 Å². The van der Waals surface area contributed by atoms with E-state index in [1.165, 1.54) is 0 Å². The van der Waals surface area contributed by atoms with E-state index in [9.17, 15) is 4.79 Å². The molecule has 0 saturated heterocycles. The van der Waals surface area contributed by atoms with Gasteiger partial charge in [-0.1, -0.05) is 11.8 Å². The Morgan fingerprint density at radius 1 is 1.38 bits per heavy atom. The first-order valence-electron chi connectivity index (χ1n) is 5.16. The van der Waals surface area contributed by atoms with Gasteiger partial charge in [-0.2, -0.15) is 0 Å². The van der Waals surface area contributed by atoms with Crippen molar-refractivity contribution in [1.82, 2.24) is 0 Å². The summed E-state index contributed by atoms with van der Waals surface area (Å²) in [5, 5.41) is 17.5. The second-order valence-corrected chi connectivity index (χ2v) is 3.94. The van der Waals surface area contributed by atoms with Gasteiger partial charge in [-0.25, -0.2) is 4.79 Å². The summed E-state index contributed by atoms with van der Waals surface area (Å²) in [5.41, 5.74) is 1.08. The molecular weight excluding hydrogens is 204 g/mol. The third kappa shape index (κ3) is 2.41. The number of carboxylic acids is 1. The molecule has 0 aliphatic heterocycles. The van der Waals surface area contributed by atoms with Gasteiger partial charge in [-0.15, -0.1) is 0 Å². The lowest BCUT2D eigenvalue weighted by molar-refractivity contribution is 0.0697. The summed E-state index contributed by atoms with van der Waals surface area (Å²) in [5.74, 6) is 5.77. The molecule has 3 nitrogen and oxygen atoms in total. The minimum atomic E-state index is -0.929. The maximum Gasteiger partial charge on any atom is 0.335 e. The third-order valence-corrected chi connectivity index (χ3v) is 2.69. The lowest BCUT2D eigenvalue weighted by Gasteiger charge is -1.93. The second kappa shape index (κ2) is 4.38. The van der Waals surface area contributed by atoms with Gasteiger partial charge in [-0.3, -0.25) is 0 Å². The number of carbonyl (C=O) groups is 1. The number of aromatic carboxylic acids is 1. The molecule has 1 saturated carbocycles. The van der Waals surface area contributed by atoms with E-state index in [4.69, 9.17) is 10.2 Å². The minimum Gasteiger partial charge on any atom is -0.478 e. The number of rotatable bonds is 2. The van der Waals surface area contributed by atoms with Crippen LogP contribution in [0.4, 0.5) is 0 Å². The predicted octanol–water partition coefficient (Wildman–Crippen LogP) is 1.36. The zero-order valence-electron chi connectivity index (χ0n) is 8.68. The van der Waals surface area contributed by atoms with E-state index in [0.717, 1.165) is 12.0 Å². The summed E-state index contributed by atoms with van der Waals surface area (Å²) in [6.45, 7) is 0.206. The van der Waals surface area contributed by atoms with Crippen LogP contribution in [0.5, 0.6) is 0 Å². The Hall–Kier alpha value is -1.79. The van der Waals surface area contributed by atoms with E-state index in [1.54, 1.807) is 24.3 Å². The molecule has 1 aliphatic rings. The highest BCUT2D eigenvalue weighted by Crippen LogP contribution is 2.36. The summed E-state index contributed by atoms with van der Waals surface area (Å²) >= 11 is 0. The first kappa shape index (κ1) is 10.7. The van der Waals surface area contributed by atoms with Crippen molar-refractivity contribution in [2.24, 2.45) is 11.8 Å². The van der Waals surface area contributed by atoms with Crippen molar-refractivity contribution in [2.75, 3.05) is 6.61 Å². The highest BCUT2D eigenvalue weighted by molar-refractivity contribution is 5.87. The van der Waals surface area contributed by atoms with E-state index in [2.05, 4.69) is 11.8 Å². The zero-order chi connectivity index (χ0) is 11.5. The molecule has 1 aromatic carbocycles. The number of aliphatic hydroxyl groups is 1. The lowest BCUT2D eigenvalue weighted by atomic mass is 10.1. The number of benzene rings is 1. The van der Waals surface area contributed by atoms with E-state index < -0.39 is 5.97 Å². The number of carboxylic acid groups (broad SMARTS) is 1. The van der Waals surface area contributed by atoms with Gasteiger partial charge in [0.1, 0.15) is 0 Å². The molecule has 2 atom stereocenters. The van der Waals surface area contributed by atoms with Crippen molar-refractivity contribution in [3.63, 3.8) is 0 Å². The molecule has 2 N–H and O–H groups in total. The van der Waals surface area contributed by atoms with Gasteiger partial charge in [0.25, 0.3) is 0 Å². The molecule has 0 heterocycles. The Morgan fingerprint density at radius 2 is 2.06 bits per heavy atom. The molecule has 82 valence electrons. The van der Waals surface area contributed by atoms with Gasteiger partial charge in [0.15, 0.2) is 0 Å². The van der Waals surface area contributed by atoms with Crippen LogP contribution in [0.25, 0.3) is 0 Å². The summed E-state index contributed by atoms with van der Waals surface area (Å²) < 4.78 is 0. The SMILES string of the molecule is O=C(O)c1ccc(C#CC2CC2CO)cc1. The van der Waals surface area contributed by atoms with Crippen molar-refractivity contribution in [1.29, 1.82) is 0 Å². The van der Waals surface area contributed by atoms with Crippen LogP contribution in [-0.4, -0.2) is 22.8 Å². The fourth-order valence-corrected chi connectivity index (χ4v) is 1.50. The molecule has 2 rings (SSSR count). The molecule has 2 unspecified atom stereocenters. The molecule has 0 aromatic heterocycles. The minimum absolute atomic E-state index is 0.206. The van der Waals surface area contributed by atoms with Crippen molar-refractivity contribution < 1.29 is 15.0 Å².